The molecule has 8 nitrogen and oxygen atoms in total. The van der Waals surface area contributed by atoms with Crippen molar-refractivity contribution < 1.29 is 14.3 Å². The van der Waals surface area contributed by atoms with Crippen LogP contribution in [0.25, 0.3) is 10.9 Å². The van der Waals surface area contributed by atoms with Gasteiger partial charge in [0.15, 0.2) is 0 Å². The number of anilines is 2. The lowest BCUT2D eigenvalue weighted by molar-refractivity contribution is -0.132. The van der Waals surface area contributed by atoms with E-state index < -0.39 is 0 Å². The molecular weight excluding hydrogens is 546 g/mol. The molecule has 1 aromatic heterocycles. The molecule has 0 saturated heterocycles. The lowest BCUT2D eigenvalue weighted by atomic mass is 10.1. The third-order valence-corrected chi connectivity index (χ3v) is 7.98. The van der Waals surface area contributed by atoms with E-state index in [9.17, 15) is 9.59 Å². The SMILES string of the molecule is COCCCN(CC(=O)N(CCc1c[nH]c2ccccc12)Cc1ccc(N(C)C)cc1)C(=O)Nc1ccc(SC)cc1. The average molecular weight is 588 g/mol. The number of para-hydroxylation sites is 1. The summed E-state index contributed by atoms with van der Waals surface area (Å²) in [5.74, 6) is -0.100. The zero-order valence-corrected chi connectivity index (χ0v) is 25.7. The normalized spacial score (nSPS) is 11.0. The molecule has 0 radical (unpaired) electrons. The Bertz CT molecular complexity index is 1440. The number of hydrogen-bond acceptors (Lipinski definition) is 5. The van der Waals surface area contributed by atoms with E-state index in [1.807, 2.05) is 67.8 Å². The highest BCUT2D eigenvalue weighted by Crippen LogP contribution is 2.21. The third kappa shape index (κ3) is 8.53. The molecule has 1 heterocycles. The first-order valence-corrected chi connectivity index (χ1v) is 15.4. The van der Waals surface area contributed by atoms with Crippen molar-refractivity contribution in [2.45, 2.75) is 24.3 Å². The van der Waals surface area contributed by atoms with Gasteiger partial charge in [-0.05, 0) is 72.7 Å². The lowest BCUT2D eigenvalue weighted by Crippen LogP contribution is -2.45. The Labute approximate surface area is 253 Å². The van der Waals surface area contributed by atoms with E-state index >= 15 is 0 Å². The molecule has 3 amide bonds. The fourth-order valence-corrected chi connectivity index (χ4v) is 5.21. The largest absolute Gasteiger partial charge is 0.385 e. The van der Waals surface area contributed by atoms with Gasteiger partial charge in [0.1, 0.15) is 6.54 Å². The molecule has 2 N–H and O–H groups in total. The van der Waals surface area contributed by atoms with Crippen molar-refractivity contribution in [2.24, 2.45) is 0 Å². The second kappa shape index (κ2) is 15.3. The van der Waals surface area contributed by atoms with E-state index in [0.29, 0.717) is 44.8 Å². The average Bonchev–Trinajstić information content (AvgIpc) is 3.42. The number of hydrogen-bond donors (Lipinski definition) is 2. The number of carbonyl (C=O) groups is 2. The van der Waals surface area contributed by atoms with Crippen LogP contribution in [0.3, 0.4) is 0 Å². The second-order valence-electron chi connectivity index (χ2n) is 10.4. The number of carbonyl (C=O) groups excluding carboxylic acids is 2. The zero-order chi connectivity index (χ0) is 29.9. The highest BCUT2D eigenvalue weighted by Gasteiger charge is 2.22. The van der Waals surface area contributed by atoms with Gasteiger partial charge in [-0.2, -0.15) is 0 Å². The van der Waals surface area contributed by atoms with Crippen molar-refractivity contribution in [1.82, 2.24) is 14.8 Å². The molecule has 222 valence electrons. The summed E-state index contributed by atoms with van der Waals surface area (Å²) in [5.41, 5.74) is 5.07. The van der Waals surface area contributed by atoms with Gasteiger partial charge in [0.2, 0.25) is 5.91 Å². The number of amides is 3. The topological polar surface area (TPSA) is 80.9 Å². The number of thioether (sulfide) groups is 1. The molecule has 9 heteroatoms. The Morgan fingerprint density at radius 1 is 0.929 bits per heavy atom. The third-order valence-electron chi connectivity index (χ3n) is 7.24. The number of rotatable bonds is 14. The van der Waals surface area contributed by atoms with Gasteiger partial charge in [0.25, 0.3) is 0 Å². The first kappa shape index (κ1) is 31.0. The summed E-state index contributed by atoms with van der Waals surface area (Å²) in [6, 6.07) is 23.8. The van der Waals surface area contributed by atoms with Crippen LogP contribution < -0.4 is 10.2 Å². The molecule has 42 heavy (non-hydrogen) atoms. The summed E-state index contributed by atoms with van der Waals surface area (Å²) in [4.78, 5) is 37.2. The minimum atomic E-state index is -0.303. The maximum Gasteiger partial charge on any atom is 0.322 e. The Balaban J connectivity index is 1.51. The highest BCUT2D eigenvalue weighted by atomic mass is 32.2. The number of methoxy groups -OCH3 is 1. The van der Waals surface area contributed by atoms with Crippen molar-refractivity contribution >= 4 is 46.0 Å². The number of aromatic nitrogens is 1. The number of fused-ring (bicyclic) bond motifs is 1. The maximum atomic E-state index is 13.9. The van der Waals surface area contributed by atoms with E-state index in [1.54, 1.807) is 23.8 Å². The van der Waals surface area contributed by atoms with Crippen LogP contribution in [0.5, 0.6) is 0 Å². The van der Waals surface area contributed by atoms with Gasteiger partial charge in [-0.1, -0.05) is 30.3 Å². The molecule has 0 atom stereocenters. The van der Waals surface area contributed by atoms with Crippen LogP contribution in [0.1, 0.15) is 17.5 Å². The molecule has 0 unspecified atom stereocenters. The number of aromatic amines is 1. The number of urea groups is 1. The van der Waals surface area contributed by atoms with Gasteiger partial charge in [-0.3, -0.25) is 4.79 Å². The molecule has 0 aliphatic rings. The molecule has 0 fully saturated rings. The van der Waals surface area contributed by atoms with Crippen LogP contribution in [0.4, 0.5) is 16.2 Å². The zero-order valence-electron chi connectivity index (χ0n) is 24.9. The highest BCUT2D eigenvalue weighted by molar-refractivity contribution is 7.98. The first-order chi connectivity index (χ1) is 20.4. The van der Waals surface area contributed by atoms with E-state index in [1.165, 1.54) is 0 Å². The molecule has 4 rings (SSSR count). The fraction of sp³-hybridized carbons (Fsp3) is 0.333. The molecule has 4 aromatic rings. The van der Waals surface area contributed by atoms with Crippen molar-refractivity contribution in [1.29, 1.82) is 0 Å². The summed E-state index contributed by atoms with van der Waals surface area (Å²) in [6.45, 7) is 1.87. The summed E-state index contributed by atoms with van der Waals surface area (Å²) < 4.78 is 5.23. The van der Waals surface area contributed by atoms with Crippen LogP contribution >= 0.6 is 11.8 Å². The standard InChI is InChI=1S/C33H41N5O3S/c1-36(2)28-14-10-25(11-15-28)23-37(20-18-26-22-34-31-9-6-5-8-30(26)31)32(39)24-38(19-7-21-41-3)33(40)35-27-12-16-29(42-4)17-13-27/h5-6,8-17,22,34H,7,18-21,23-24H2,1-4H3,(H,35,40). The van der Waals surface area contributed by atoms with Gasteiger partial charge in [-0.15, -0.1) is 11.8 Å². The van der Waals surface area contributed by atoms with Gasteiger partial charge in [0.05, 0.1) is 0 Å². The number of nitrogens with zero attached hydrogens (tertiary/aromatic N) is 3. The van der Waals surface area contributed by atoms with Crippen molar-refractivity contribution in [2.75, 3.05) is 63.9 Å². The minimum Gasteiger partial charge on any atom is -0.385 e. The predicted octanol–water partition coefficient (Wildman–Crippen LogP) is 6.10. The number of ether oxygens (including phenoxy) is 1. The summed E-state index contributed by atoms with van der Waals surface area (Å²) in [5, 5.41) is 4.12. The van der Waals surface area contributed by atoms with E-state index in [-0.39, 0.29) is 18.5 Å². The first-order valence-electron chi connectivity index (χ1n) is 14.2. The smallest absolute Gasteiger partial charge is 0.322 e. The Morgan fingerprint density at radius 3 is 2.36 bits per heavy atom. The Kier molecular flexibility index (Phi) is 11.3. The lowest BCUT2D eigenvalue weighted by Gasteiger charge is -2.28. The van der Waals surface area contributed by atoms with Gasteiger partial charge >= 0.3 is 6.03 Å². The fourth-order valence-electron chi connectivity index (χ4n) is 4.80. The number of H-pyrrole nitrogens is 1. The van der Waals surface area contributed by atoms with Crippen LogP contribution in [-0.2, 0) is 22.5 Å². The van der Waals surface area contributed by atoms with Gasteiger partial charge < -0.3 is 29.7 Å². The van der Waals surface area contributed by atoms with E-state index in [2.05, 4.69) is 51.6 Å². The summed E-state index contributed by atoms with van der Waals surface area (Å²) in [6.07, 6.45) is 5.36. The quantitative estimate of drug-likeness (QED) is 0.138. The van der Waals surface area contributed by atoms with Crippen molar-refractivity contribution in [3.05, 3.63) is 90.1 Å². The molecule has 0 spiro atoms. The molecule has 0 bridgehead atoms. The van der Waals surface area contributed by atoms with Crippen LogP contribution in [0.2, 0.25) is 0 Å². The molecular formula is C33H41N5O3S. The summed E-state index contributed by atoms with van der Waals surface area (Å²) >= 11 is 1.64. The van der Waals surface area contributed by atoms with Gasteiger partial charge in [0, 0.05) is 80.8 Å². The molecule has 0 saturated carbocycles. The van der Waals surface area contributed by atoms with Crippen molar-refractivity contribution in [3.8, 4) is 0 Å². The van der Waals surface area contributed by atoms with Gasteiger partial charge in [-0.25, -0.2) is 4.79 Å². The van der Waals surface area contributed by atoms with Crippen LogP contribution in [-0.4, -0.2) is 80.4 Å². The Morgan fingerprint density at radius 2 is 1.67 bits per heavy atom. The molecule has 3 aromatic carbocycles. The van der Waals surface area contributed by atoms with E-state index in [0.717, 1.165) is 32.6 Å². The maximum absolute atomic E-state index is 13.9. The number of benzene rings is 3. The monoisotopic (exact) mass is 587 g/mol. The summed E-state index contributed by atoms with van der Waals surface area (Å²) in [7, 11) is 5.65. The Hall–Kier alpha value is -3.95. The molecule has 0 aliphatic heterocycles. The molecule has 0 aliphatic carbocycles. The van der Waals surface area contributed by atoms with Crippen LogP contribution in [0.15, 0.2) is 83.9 Å². The van der Waals surface area contributed by atoms with Crippen LogP contribution in [0, 0.1) is 0 Å². The minimum absolute atomic E-state index is 0.0257. The number of nitrogens with one attached hydrogen (secondary N) is 2. The van der Waals surface area contributed by atoms with E-state index in [4.69, 9.17) is 4.74 Å². The van der Waals surface area contributed by atoms with Crippen molar-refractivity contribution in [3.63, 3.8) is 0 Å². The predicted molar refractivity (Wildman–Crippen MR) is 173 cm³/mol. The second-order valence-corrected chi connectivity index (χ2v) is 11.3.